The number of urea groups is 1. The molecule has 0 spiro atoms. The zero-order chi connectivity index (χ0) is 18.6. The summed E-state index contributed by atoms with van der Waals surface area (Å²) in [6.45, 7) is 2.69. The molecule has 2 aliphatic rings. The summed E-state index contributed by atoms with van der Waals surface area (Å²) in [5.41, 5.74) is 2.08. The van der Waals surface area contributed by atoms with Gasteiger partial charge in [0.25, 0.3) is 0 Å². The highest BCUT2D eigenvalue weighted by molar-refractivity contribution is 5.89. The van der Waals surface area contributed by atoms with Crippen LogP contribution >= 0.6 is 0 Å². The van der Waals surface area contributed by atoms with E-state index in [2.05, 4.69) is 34.5 Å². The van der Waals surface area contributed by atoms with E-state index in [1.807, 2.05) is 35.2 Å². The van der Waals surface area contributed by atoms with Crippen molar-refractivity contribution in [3.63, 3.8) is 0 Å². The minimum Gasteiger partial charge on any atom is -0.497 e. The number of piperazine rings is 1. The molecule has 2 aromatic carbocycles. The third-order valence-corrected chi connectivity index (χ3v) is 5.49. The Balaban J connectivity index is 1.46. The number of ether oxygens (including phenoxy) is 1. The van der Waals surface area contributed by atoms with Crippen LogP contribution in [0.5, 0.6) is 5.75 Å². The molecule has 1 aliphatic heterocycles. The van der Waals surface area contributed by atoms with Crippen LogP contribution in [0.4, 0.5) is 10.5 Å². The molecule has 4 rings (SSSR count). The quantitative estimate of drug-likeness (QED) is 0.880. The van der Waals surface area contributed by atoms with Crippen LogP contribution in [0, 0.1) is 0 Å². The van der Waals surface area contributed by atoms with Crippen LogP contribution in [0.15, 0.2) is 54.6 Å². The van der Waals surface area contributed by atoms with Gasteiger partial charge in [-0.2, -0.15) is 0 Å². The van der Waals surface area contributed by atoms with Crippen LogP contribution < -0.4 is 10.1 Å². The van der Waals surface area contributed by atoms with Gasteiger partial charge in [-0.15, -0.1) is 0 Å². The number of nitrogens with zero attached hydrogens (tertiary/aromatic N) is 2. The second kappa shape index (κ2) is 8.01. The highest BCUT2D eigenvalue weighted by Crippen LogP contribution is 2.30. The maximum Gasteiger partial charge on any atom is 0.322 e. The van der Waals surface area contributed by atoms with E-state index in [0.717, 1.165) is 43.5 Å². The first-order valence-corrected chi connectivity index (χ1v) is 9.72. The molecule has 5 heteroatoms. The summed E-state index contributed by atoms with van der Waals surface area (Å²) in [5.74, 6) is 0.785. The molecule has 1 saturated carbocycles. The van der Waals surface area contributed by atoms with E-state index >= 15 is 0 Å². The SMILES string of the molecule is COc1ccc(NC(=O)N2CCN(C3CC3)CC2Cc2ccccc2)cc1. The van der Waals surface area contributed by atoms with Crippen LogP contribution in [-0.2, 0) is 6.42 Å². The maximum atomic E-state index is 13.0. The Labute approximate surface area is 160 Å². The average molecular weight is 365 g/mol. The van der Waals surface area contributed by atoms with E-state index in [1.165, 1.54) is 18.4 Å². The van der Waals surface area contributed by atoms with E-state index in [1.54, 1.807) is 7.11 Å². The number of methoxy groups -OCH3 is 1. The largest absolute Gasteiger partial charge is 0.497 e. The number of hydrogen-bond donors (Lipinski definition) is 1. The molecule has 0 aromatic heterocycles. The van der Waals surface area contributed by atoms with Crippen LogP contribution in [0.25, 0.3) is 0 Å². The molecule has 1 atom stereocenters. The first-order valence-electron chi connectivity index (χ1n) is 9.72. The molecule has 1 saturated heterocycles. The van der Waals surface area contributed by atoms with E-state index < -0.39 is 0 Å². The van der Waals surface area contributed by atoms with Crippen LogP contribution in [-0.4, -0.2) is 54.7 Å². The Bertz CT molecular complexity index is 759. The predicted octanol–water partition coefficient (Wildman–Crippen LogP) is 3.62. The number of hydrogen-bond acceptors (Lipinski definition) is 3. The molecule has 2 aromatic rings. The number of carbonyl (C=O) groups excluding carboxylic acids is 1. The molecule has 1 aliphatic carbocycles. The summed E-state index contributed by atoms with van der Waals surface area (Å²) in [5, 5.41) is 3.05. The molecule has 1 heterocycles. The van der Waals surface area contributed by atoms with Gasteiger partial charge in [-0.1, -0.05) is 30.3 Å². The van der Waals surface area contributed by atoms with Crippen molar-refractivity contribution < 1.29 is 9.53 Å². The van der Waals surface area contributed by atoms with Crippen LogP contribution in [0.3, 0.4) is 0 Å². The Morgan fingerprint density at radius 2 is 1.81 bits per heavy atom. The van der Waals surface area contributed by atoms with Gasteiger partial charge in [0.05, 0.1) is 13.2 Å². The van der Waals surface area contributed by atoms with Gasteiger partial charge >= 0.3 is 6.03 Å². The third-order valence-electron chi connectivity index (χ3n) is 5.49. The van der Waals surface area contributed by atoms with Crippen LogP contribution in [0.2, 0.25) is 0 Å². The highest BCUT2D eigenvalue weighted by Gasteiger charge is 2.37. The lowest BCUT2D eigenvalue weighted by Gasteiger charge is -2.41. The lowest BCUT2D eigenvalue weighted by molar-refractivity contribution is 0.0954. The van der Waals surface area contributed by atoms with Gasteiger partial charge in [0.15, 0.2) is 0 Å². The standard InChI is InChI=1S/C22H27N3O2/c1-27-21-11-7-18(8-12-21)23-22(26)25-14-13-24(19-9-10-19)16-20(25)15-17-5-3-2-4-6-17/h2-8,11-12,19-20H,9-10,13-16H2,1H3,(H,23,26). The van der Waals surface area contributed by atoms with Gasteiger partial charge in [0, 0.05) is 31.4 Å². The number of nitrogens with one attached hydrogen (secondary N) is 1. The molecule has 5 nitrogen and oxygen atoms in total. The van der Waals surface area contributed by atoms with Gasteiger partial charge in [-0.3, -0.25) is 4.90 Å². The zero-order valence-corrected chi connectivity index (χ0v) is 15.8. The van der Waals surface area contributed by atoms with Gasteiger partial charge in [-0.05, 0) is 49.1 Å². The van der Waals surface area contributed by atoms with Crippen molar-refractivity contribution in [2.75, 3.05) is 32.1 Å². The third kappa shape index (κ3) is 4.42. The summed E-state index contributed by atoms with van der Waals surface area (Å²) >= 11 is 0. The molecular weight excluding hydrogens is 338 g/mol. The van der Waals surface area contributed by atoms with Crippen molar-refractivity contribution in [2.24, 2.45) is 0 Å². The Kier molecular flexibility index (Phi) is 5.30. The normalized spacial score (nSPS) is 20.3. The van der Waals surface area contributed by atoms with Gasteiger partial charge in [-0.25, -0.2) is 4.79 Å². The van der Waals surface area contributed by atoms with E-state index in [-0.39, 0.29) is 12.1 Å². The minimum absolute atomic E-state index is 0.0171. The molecule has 1 unspecified atom stereocenters. The van der Waals surface area contributed by atoms with E-state index in [9.17, 15) is 4.79 Å². The predicted molar refractivity (Wildman–Crippen MR) is 107 cm³/mol. The fraction of sp³-hybridized carbons (Fsp3) is 0.409. The van der Waals surface area contributed by atoms with Crippen LogP contribution in [0.1, 0.15) is 18.4 Å². The lowest BCUT2D eigenvalue weighted by atomic mass is 10.0. The second-order valence-electron chi connectivity index (χ2n) is 7.42. The Morgan fingerprint density at radius 1 is 1.07 bits per heavy atom. The summed E-state index contributed by atoms with van der Waals surface area (Å²) < 4.78 is 5.19. The van der Waals surface area contributed by atoms with Crippen molar-refractivity contribution >= 4 is 11.7 Å². The average Bonchev–Trinajstić information content (AvgIpc) is 3.55. The van der Waals surface area contributed by atoms with E-state index in [4.69, 9.17) is 4.74 Å². The van der Waals surface area contributed by atoms with Crippen molar-refractivity contribution in [3.05, 3.63) is 60.2 Å². The fourth-order valence-corrected chi connectivity index (χ4v) is 3.85. The van der Waals surface area contributed by atoms with Gasteiger partial charge < -0.3 is 15.0 Å². The Hall–Kier alpha value is -2.53. The monoisotopic (exact) mass is 365 g/mol. The lowest BCUT2D eigenvalue weighted by Crippen LogP contribution is -2.57. The van der Waals surface area contributed by atoms with E-state index in [0.29, 0.717) is 0 Å². The molecule has 2 amide bonds. The first-order chi connectivity index (χ1) is 13.2. The van der Waals surface area contributed by atoms with Gasteiger partial charge in [0.2, 0.25) is 0 Å². The van der Waals surface area contributed by atoms with Crippen molar-refractivity contribution in [2.45, 2.75) is 31.3 Å². The summed E-state index contributed by atoms with van der Waals surface area (Å²) in [6, 6.07) is 18.9. The van der Waals surface area contributed by atoms with Crippen molar-refractivity contribution in [1.29, 1.82) is 0 Å². The van der Waals surface area contributed by atoms with Crippen molar-refractivity contribution in [3.8, 4) is 5.75 Å². The molecule has 0 radical (unpaired) electrons. The topological polar surface area (TPSA) is 44.8 Å². The van der Waals surface area contributed by atoms with Crippen molar-refractivity contribution in [1.82, 2.24) is 9.80 Å². The molecule has 27 heavy (non-hydrogen) atoms. The minimum atomic E-state index is -0.0171. The number of benzene rings is 2. The molecule has 1 N–H and O–H groups in total. The highest BCUT2D eigenvalue weighted by atomic mass is 16.5. The number of anilines is 1. The summed E-state index contributed by atoms with van der Waals surface area (Å²) in [6.07, 6.45) is 3.49. The summed E-state index contributed by atoms with van der Waals surface area (Å²) in [4.78, 5) is 17.6. The number of rotatable bonds is 5. The maximum absolute atomic E-state index is 13.0. The second-order valence-corrected chi connectivity index (χ2v) is 7.42. The fourth-order valence-electron chi connectivity index (χ4n) is 3.85. The Morgan fingerprint density at radius 3 is 2.48 bits per heavy atom. The zero-order valence-electron chi connectivity index (χ0n) is 15.8. The first kappa shape index (κ1) is 17.9. The molecular formula is C22H27N3O2. The number of amides is 2. The molecule has 142 valence electrons. The molecule has 2 fully saturated rings. The smallest absolute Gasteiger partial charge is 0.322 e. The summed E-state index contributed by atoms with van der Waals surface area (Å²) in [7, 11) is 1.64. The van der Waals surface area contributed by atoms with Gasteiger partial charge in [0.1, 0.15) is 5.75 Å². The molecule has 0 bridgehead atoms. The number of carbonyl (C=O) groups is 1.